The van der Waals surface area contributed by atoms with E-state index in [-0.39, 0.29) is 0 Å². The second-order valence-electron chi connectivity index (χ2n) is 3.07. The van der Waals surface area contributed by atoms with Crippen LogP contribution in [-0.2, 0) is 0 Å². The van der Waals surface area contributed by atoms with Crippen molar-refractivity contribution in [1.82, 2.24) is 0 Å². The molecule has 10 heavy (non-hydrogen) atoms. The monoisotopic (exact) mass is 138 g/mol. The van der Waals surface area contributed by atoms with Gasteiger partial charge in [-0.25, -0.2) is 0 Å². The summed E-state index contributed by atoms with van der Waals surface area (Å²) in [5.41, 5.74) is 0. The molecule has 0 heterocycles. The van der Waals surface area contributed by atoms with Crippen LogP contribution in [0, 0.1) is 18.3 Å². The van der Waals surface area contributed by atoms with Crippen molar-refractivity contribution in [3.63, 3.8) is 0 Å². The first-order chi connectivity index (χ1) is 4.83. The third-order valence-electron chi connectivity index (χ3n) is 2.22. The molecule has 0 aromatic carbocycles. The van der Waals surface area contributed by atoms with E-state index < -0.39 is 6.10 Å². The molecule has 1 nitrogen and oxygen atoms in total. The van der Waals surface area contributed by atoms with Crippen molar-refractivity contribution in [3.05, 3.63) is 0 Å². The Morgan fingerprint density at radius 1 is 1.50 bits per heavy atom. The molecule has 0 aliphatic heterocycles. The summed E-state index contributed by atoms with van der Waals surface area (Å²) in [5, 5.41) is 9.08. The van der Waals surface area contributed by atoms with E-state index >= 15 is 0 Å². The summed E-state index contributed by atoms with van der Waals surface area (Å²) in [6.45, 7) is 0. The van der Waals surface area contributed by atoms with Gasteiger partial charge in [0.2, 0.25) is 0 Å². The molecule has 1 atom stereocenters. The zero-order chi connectivity index (χ0) is 7.40. The SMILES string of the molecule is C#C[C@@H](O)CC1CCCC1. The van der Waals surface area contributed by atoms with Crippen LogP contribution in [0.5, 0.6) is 0 Å². The fraction of sp³-hybridized carbons (Fsp3) is 0.778. The molecule has 1 heteroatoms. The highest BCUT2D eigenvalue weighted by Crippen LogP contribution is 2.28. The van der Waals surface area contributed by atoms with Crippen LogP contribution in [-0.4, -0.2) is 11.2 Å². The molecule has 1 aliphatic carbocycles. The predicted octanol–water partition coefficient (Wildman–Crippen LogP) is 1.56. The molecule has 0 saturated heterocycles. The molecular formula is C9H14O. The first kappa shape index (κ1) is 7.63. The number of aliphatic hydroxyl groups excluding tert-OH is 1. The average Bonchev–Trinajstić information content (AvgIpc) is 2.40. The minimum Gasteiger partial charge on any atom is -0.380 e. The Balaban J connectivity index is 2.19. The summed E-state index contributed by atoms with van der Waals surface area (Å²) in [5.74, 6) is 3.05. The van der Waals surface area contributed by atoms with Crippen LogP contribution in [0.4, 0.5) is 0 Å². The predicted molar refractivity (Wildman–Crippen MR) is 41.4 cm³/mol. The Morgan fingerprint density at radius 2 is 2.10 bits per heavy atom. The third kappa shape index (κ3) is 2.04. The van der Waals surface area contributed by atoms with Gasteiger partial charge in [-0.1, -0.05) is 31.6 Å². The zero-order valence-corrected chi connectivity index (χ0v) is 6.21. The van der Waals surface area contributed by atoms with Gasteiger partial charge in [-0.15, -0.1) is 6.42 Å². The lowest BCUT2D eigenvalue weighted by Gasteiger charge is -2.09. The van der Waals surface area contributed by atoms with E-state index in [0.717, 1.165) is 6.42 Å². The zero-order valence-electron chi connectivity index (χ0n) is 6.21. The van der Waals surface area contributed by atoms with E-state index in [9.17, 15) is 0 Å². The maximum Gasteiger partial charge on any atom is 0.114 e. The summed E-state index contributed by atoms with van der Waals surface area (Å²) < 4.78 is 0. The molecule has 0 aromatic rings. The third-order valence-corrected chi connectivity index (χ3v) is 2.22. The summed E-state index contributed by atoms with van der Waals surface area (Å²) in [6, 6.07) is 0. The molecular weight excluding hydrogens is 124 g/mol. The molecule has 1 saturated carbocycles. The Morgan fingerprint density at radius 3 is 2.60 bits per heavy atom. The standard InChI is InChI=1S/C9H14O/c1-2-9(10)7-8-5-3-4-6-8/h1,8-10H,3-7H2/t9-/m1/s1. The summed E-state index contributed by atoms with van der Waals surface area (Å²) in [6.07, 6.45) is 10.5. The van der Waals surface area contributed by atoms with Gasteiger partial charge in [-0.2, -0.15) is 0 Å². The van der Waals surface area contributed by atoms with Crippen molar-refractivity contribution in [1.29, 1.82) is 0 Å². The molecule has 0 aromatic heterocycles. The van der Waals surface area contributed by atoms with Gasteiger partial charge in [0.15, 0.2) is 0 Å². The molecule has 1 aliphatic rings. The number of aliphatic hydroxyl groups is 1. The van der Waals surface area contributed by atoms with Crippen LogP contribution in [0.25, 0.3) is 0 Å². The van der Waals surface area contributed by atoms with Crippen LogP contribution < -0.4 is 0 Å². The van der Waals surface area contributed by atoms with Gasteiger partial charge in [0.05, 0.1) is 0 Å². The molecule has 56 valence electrons. The van der Waals surface area contributed by atoms with Crippen LogP contribution in [0.2, 0.25) is 0 Å². The molecule has 1 N–H and O–H groups in total. The molecule has 1 fully saturated rings. The van der Waals surface area contributed by atoms with E-state index in [1.165, 1.54) is 25.7 Å². The minimum atomic E-state index is -0.497. The van der Waals surface area contributed by atoms with Gasteiger partial charge in [0, 0.05) is 0 Å². The van der Waals surface area contributed by atoms with Gasteiger partial charge in [-0.3, -0.25) is 0 Å². The minimum absolute atomic E-state index is 0.497. The fourth-order valence-corrected chi connectivity index (χ4v) is 1.63. The quantitative estimate of drug-likeness (QED) is 0.574. The first-order valence-corrected chi connectivity index (χ1v) is 3.97. The van der Waals surface area contributed by atoms with E-state index in [0.29, 0.717) is 5.92 Å². The van der Waals surface area contributed by atoms with E-state index in [2.05, 4.69) is 5.92 Å². The second-order valence-corrected chi connectivity index (χ2v) is 3.07. The maximum absolute atomic E-state index is 9.08. The smallest absolute Gasteiger partial charge is 0.114 e. The van der Waals surface area contributed by atoms with Crippen LogP contribution in [0.3, 0.4) is 0 Å². The van der Waals surface area contributed by atoms with Crippen LogP contribution >= 0.6 is 0 Å². The van der Waals surface area contributed by atoms with Gasteiger partial charge in [0.1, 0.15) is 6.10 Å². The number of terminal acetylenes is 1. The van der Waals surface area contributed by atoms with Gasteiger partial charge >= 0.3 is 0 Å². The van der Waals surface area contributed by atoms with Crippen molar-refractivity contribution in [2.45, 2.75) is 38.2 Å². The van der Waals surface area contributed by atoms with Crippen molar-refractivity contribution >= 4 is 0 Å². The molecule has 0 unspecified atom stereocenters. The lowest BCUT2D eigenvalue weighted by molar-refractivity contribution is 0.196. The summed E-state index contributed by atoms with van der Waals surface area (Å²) >= 11 is 0. The summed E-state index contributed by atoms with van der Waals surface area (Å²) in [4.78, 5) is 0. The van der Waals surface area contributed by atoms with Crippen molar-refractivity contribution in [2.24, 2.45) is 5.92 Å². The Bertz CT molecular complexity index is 128. The topological polar surface area (TPSA) is 20.2 Å². The normalized spacial score (nSPS) is 22.4. The lowest BCUT2D eigenvalue weighted by Crippen LogP contribution is -2.08. The van der Waals surface area contributed by atoms with Crippen molar-refractivity contribution < 1.29 is 5.11 Å². The van der Waals surface area contributed by atoms with Gasteiger partial charge < -0.3 is 5.11 Å². The Hall–Kier alpha value is -0.480. The molecule has 0 bridgehead atoms. The highest BCUT2D eigenvalue weighted by molar-refractivity contribution is 4.94. The molecule has 0 spiro atoms. The van der Waals surface area contributed by atoms with Gasteiger partial charge in [-0.05, 0) is 12.3 Å². The highest BCUT2D eigenvalue weighted by atomic mass is 16.3. The summed E-state index contributed by atoms with van der Waals surface area (Å²) in [7, 11) is 0. The number of hydrogen-bond donors (Lipinski definition) is 1. The van der Waals surface area contributed by atoms with E-state index in [1.807, 2.05) is 0 Å². The number of hydrogen-bond acceptors (Lipinski definition) is 1. The van der Waals surface area contributed by atoms with Crippen LogP contribution in [0.15, 0.2) is 0 Å². The van der Waals surface area contributed by atoms with Crippen LogP contribution in [0.1, 0.15) is 32.1 Å². The molecule has 0 amide bonds. The maximum atomic E-state index is 9.08. The largest absolute Gasteiger partial charge is 0.380 e. The lowest BCUT2D eigenvalue weighted by atomic mass is 10.0. The molecule has 0 radical (unpaired) electrons. The molecule has 1 rings (SSSR count). The van der Waals surface area contributed by atoms with E-state index in [4.69, 9.17) is 11.5 Å². The van der Waals surface area contributed by atoms with Gasteiger partial charge in [0.25, 0.3) is 0 Å². The van der Waals surface area contributed by atoms with Crippen molar-refractivity contribution in [2.75, 3.05) is 0 Å². The van der Waals surface area contributed by atoms with E-state index in [1.54, 1.807) is 0 Å². The number of rotatable bonds is 2. The average molecular weight is 138 g/mol. The highest BCUT2D eigenvalue weighted by Gasteiger charge is 2.17. The fourth-order valence-electron chi connectivity index (χ4n) is 1.63. The first-order valence-electron chi connectivity index (χ1n) is 3.97. The Labute approximate surface area is 62.4 Å². The van der Waals surface area contributed by atoms with Crippen molar-refractivity contribution in [3.8, 4) is 12.3 Å². The second kappa shape index (κ2) is 3.63. The Kier molecular flexibility index (Phi) is 2.77.